The smallest absolute Gasteiger partial charge is 0.335 e. The minimum Gasteiger partial charge on any atom is -0.478 e. The zero-order chi connectivity index (χ0) is 22.7. The summed E-state index contributed by atoms with van der Waals surface area (Å²) >= 11 is 0. The van der Waals surface area contributed by atoms with Crippen molar-refractivity contribution in [2.45, 2.75) is 29.2 Å². The van der Waals surface area contributed by atoms with Gasteiger partial charge in [0.25, 0.3) is 0 Å². The number of amides is 1. The van der Waals surface area contributed by atoms with Crippen molar-refractivity contribution in [1.82, 2.24) is 0 Å². The number of rotatable bonds is 5. The molecule has 32 heavy (non-hydrogen) atoms. The van der Waals surface area contributed by atoms with Gasteiger partial charge >= 0.3 is 5.97 Å². The van der Waals surface area contributed by atoms with Crippen LogP contribution >= 0.6 is 0 Å². The van der Waals surface area contributed by atoms with Crippen molar-refractivity contribution >= 4 is 27.4 Å². The van der Waals surface area contributed by atoms with Crippen LogP contribution in [0.15, 0.2) is 77.7 Å². The molecule has 0 radical (unpaired) electrons. The Labute approximate surface area is 186 Å². The van der Waals surface area contributed by atoms with E-state index in [4.69, 9.17) is 0 Å². The summed E-state index contributed by atoms with van der Waals surface area (Å²) in [5.74, 6) is -1.03. The molecule has 1 N–H and O–H groups in total. The van der Waals surface area contributed by atoms with Crippen LogP contribution in [0.3, 0.4) is 0 Å². The molecule has 1 heterocycles. The van der Waals surface area contributed by atoms with Crippen LogP contribution < -0.4 is 4.90 Å². The van der Waals surface area contributed by atoms with E-state index in [1.165, 1.54) is 12.3 Å². The fourth-order valence-electron chi connectivity index (χ4n) is 4.84. The Morgan fingerprint density at radius 3 is 2.47 bits per heavy atom. The van der Waals surface area contributed by atoms with E-state index < -0.39 is 21.2 Å². The summed E-state index contributed by atoms with van der Waals surface area (Å²) < 4.78 is 23.6. The molecule has 1 fully saturated rings. The number of nitrogens with zero attached hydrogens (tertiary/aromatic N) is 1. The van der Waals surface area contributed by atoms with E-state index in [0.29, 0.717) is 13.0 Å². The van der Waals surface area contributed by atoms with E-state index in [1.807, 2.05) is 30.3 Å². The zero-order valence-corrected chi connectivity index (χ0v) is 18.2. The van der Waals surface area contributed by atoms with Crippen LogP contribution in [0.4, 0.5) is 5.69 Å². The molecule has 3 aromatic carbocycles. The van der Waals surface area contributed by atoms with Crippen molar-refractivity contribution in [3.63, 3.8) is 0 Å². The third-order valence-corrected chi connectivity index (χ3v) is 7.62. The normalized spacial score (nSPS) is 21.6. The molecule has 0 bridgehead atoms. The Kier molecular flexibility index (Phi) is 4.49. The maximum atomic E-state index is 13.7. The quantitative estimate of drug-likeness (QED) is 0.643. The number of para-hydroxylation sites is 1. The van der Waals surface area contributed by atoms with E-state index in [2.05, 4.69) is 0 Å². The Bertz CT molecular complexity index is 1360. The maximum absolute atomic E-state index is 13.7. The van der Waals surface area contributed by atoms with Crippen LogP contribution in [0.25, 0.3) is 0 Å². The zero-order valence-electron chi connectivity index (χ0n) is 17.4. The number of carboxylic acids is 1. The van der Waals surface area contributed by atoms with E-state index in [-0.39, 0.29) is 22.3 Å². The first kappa shape index (κ1) is 20.5. The lowest BCUT2D eigenvalue weighted by atomic mass is 9.92. The molecule has 6 nitrogen and oxygen atoms in total. The van der Waals surface area contributed by atoms with Gasteiger partial charge in [0, 0.05) is 17.9 Å². The summed E-state index contributed by atoms with van der Waals surface area (Å²) in [7, 11) is -3.28. The molecule has 1 aliphatic carbocycles. The molecule has 1 spiro atoms. The highest BCUT2D eigenvalue weighted by Gasteiger charge is 2.67. The molecule has 0 saturated heterocycles. The second kappa shape index (κ2) is 7.03. The number of carboxylic acid groups (broad SMARTS) is 1. The Morgan fingerprint density at radius 2 is 1.78 bits per heavy atom. The molecule has 1 saturated carbocycles. The summed E-state index contributed by atoms with van der Waals surface area (Å²) in [5, 5.41) is 9.29. The summed E-state index contributed by atoms with van der Waals surface area (Å²) in [6.45, 7) is 0.290. The van der Waals surface area contributed by atoms with Crippen molar-refractivity contribution in [2.24, 2.45) is 0 Å². The molecule has 7 heteroatoms. The fraction of sp³-hybridized carbons (Fsp3) is 0.200. The molecular formula is C25H21NO5S. The number of fused-ring (bicyclic) bond motifs is 2. The molecule has 0 aromatic heterocycles. The molecule has 1 aliphatic heterocycles. The molecule has 5 rings (SSSR count). The van der Waals surface area contributed by atoms with Crippen LogP contribution in [0.2, 0.25) is 0 Å². The molecular weight excluding hydrogens is 426 g/mol. The monoisotopic (exact) mass is 447 g/mol. The number of carbonyl (C=O) groups is 2. The van der Waals surface area contributed by atoms with Gasteiger partial charge in [-0.2, -0.15) is 0 Å². The van der Waals surface area contributed by atoms with E-state index in [9.17, 15) is 23.1 Å². The standard InChI is InChI=1S/C25H21NO5S/c1-32(30,31)19-11-9-17(10-12-19)21-14-25(21)20-7-2-3-8-22(20)26(24(25)29)15-16-5-4-6-18(13-16)23(27)28/h2-13,21H,14-15H2,1H3,(H,27,28). The van der Waals surface area contributed by atoms with Gasteiger partial charge in [-0.25, -0.2) is 13.2 Å². The van der Waals surface area contributed by atoms with Crippen molar-refractivity contribution < 1.29 is 23.1 Å². The number of benzene rings is 3. The second-order valence-corrected chi connectivity index (χ2v) is 10.5. The van der Waals surface area contributed by atoms with Gasteiger partial charge in [0.1, 0.15) is 0 Å². The third kappa shape index (κ3) is 3.12. The van der Waals surface area contributed by atoms with Crippen molar-refractivity contribution in [3.05, 3.63) is 95.1 Å². The molecule has 1 amide bonds. The first-order valence-electron chi connectivity index (χ1n) is 10.3. The number of carbonyl (C=O) groups excluding carboxylic acids is 1. The highest BCUT2D eigenvalue weighted by atomic mass is 32.2. The first-order valence-corrected chi connectivity index (χ1v) is 12.1. The predicted octanol–water partition coefficient (Wildman–Crippen LogP) is 3.76. The number of hydrogen-bond acceptors (Lipinski definition) is 4. The lowest BCUT2D eigenvalue weighted by Crippen LogP contribution is -2.32. The average molecular weight is 448 g/mol. The largest absolute Gasteiger partial charge is 0.478 e. The van der Waals surface area contributed by atoms with Gasteiger partial charge in [-0.05, 0) is 53.4 Å². The van der Waals surface area contributed by atoms with E-state index in [1.54, 1.807) is 41.3 Å². The highest BCUT2D eigenvalue weighted by molar-refractivity contribution is 7.90. The van der Waals surface area contributed by atoms with Crippen LogP contribution in [-0.2, 0) is 26.6 Å². The fourth-order valence-corrected chi connectivity index (χ4v) is 5.47. The molecule has 162 valence electrons. The van der Waals surface area contributed by atoms with E-state index in [0.717, 1.165) is 22.4 Å². The number of anilines is 1. The van der Waals surface area contributed by atoms with Gasteiger partial charge < -0.3 is 10.0 Å². The SMILES string of the molecule is CS(=O)(=O)c1ccc(C2CC23C(=O)N(Cc2cccc(C(=O)O)c2)c2ccccc23)cc1. The second-order valence-electron chi connectivity index (χ2n) is 8.48. The van der Waals surface area contributed by atoms with E-state index >= 15 is 0 Å². The van der Waals surface area contributed by atoms with Gasteiger partial charge in [0.2, 0.25) is 5.91 Å². The molecule has 3 aromatic rings. The van der Waals surface area contributed by atoms with Crippen LogP contribution in [-0.4, -0.2) is 31.7 Å². The minimum absolute atomic E-state index is 0.00313. The molecule has 2 unspecified atom stereocenters. The first-order chi connectivity index (χ1) is 15.2. The highest BCUT2D eigenvalue weighted by Crippen LogP contribution is 2.66. The minimum atomic E-state index is -3.28. The Hall–Kier alpha value is -3.45. The number of aromatic carboxylic acids is 1. The molecule has 2 atom stereocenters. The summed E-state index contributed by atoms with van der Waals surface area (Å²) in [6, 6.07) is 21.1. The van der Waals surface area contributed by atoms with Crippen molar-refractivity contribution in [1.29, 1.82) is 0 Å². The number of sulfone groups is 1. The molecule has 2 aliphatic rings. The van der Waals surface area contributed by atoms with Gasteiger partial charge in [-0.15, -0.1) is 0 Å². The topological polar surface area (TPSA) is 91.8 Å². The summed E-state index contributed by atoms with van der Waals surface area (Å²) in [5.41, 5.74) is 3.03. The Balaban J connectivity index is 1.49. The maximum Gasteiger partial charge on any atom is 0.335 e. The van der Waals surface area contributed by atoms with Crippen molar-refractivity contribution in [3.8, 4) is 0 Å². The van der Waals surface area contributed by atoms with Crippen LogP contribution in [0.1, 0.15) is 39.4 Å². The summed E-state index contributed by atoms with van der Waals surface area (Å²) in [6.07, 6.45) is 1.83. The van der Waals surface area contributed by atoms with Crippen molar-refractivity contribution in [2.75, 3.05) is 11.2 Å². The third-order valence-electron chi connectivity index (χ3n) is 6.49. The van der Waals surface area contributed by atoms with Crippen LogP contribution in [0, 0.1) is 0 Å². The lowest BCUT2D eigenvalue weighted by Gasteiger charge is -2.19. The summed E-state index contributed by atoms with van der Waals surface area (Å²) in [4.78, 5) is 27.0. The lowest BCUT2D eigenvalue weighted by molar-refractivity contribution is -0.120. The van der Waals surface area contributed by atoms with Crippen LogP contribution in [0.5, 0.6) is 0 Å². The van der Waals surface area contributed by atoms with Gasteiger partial charge in [0.15, 0.2) is 9.84 Å². The number of hydrogen-bond donors (Lipinski definition) is 1. The average Bonchev–Trinajstić information content (AvgIpc) is 3.49. The predicted molar refractivity (Wildman–Crippen MR) is 120 cm³/mol. The van der Waals surface area contributed by atoms with Gasteiger partial charge in [-0.3, -0.25) is 4.79 Å². The van der Waals surface area contributed by atoms with Gasteiger partial charge in [0.05, 0.1) is 22.4 Å². The van der Waals surface area contributed by atoms with Gasteiger partial charge in [-0.1, -0.05) is 42.5 Å². The Morgan fingerprint density at radius 1 is 1.06 bits per heavy atom.